The van der Waals surface area contributed by atoms with Crippen LogP contribution in [-0.4, -0.2) is 12.1 Å². The Morgan fingerprint density at radius 2 is 1.86 bits per heavy atom. The largest absolute Gasteiger partial charge is 0.336 e. The third kappa shape index (κ3) is 3.66. The lowest BCUT2D eigenvalue weighted by Gasteiger charge is -2.09. The van der Waals surface area contributed by atoms with E-state index in [1.54, 1.807) is 24.3 Å². The molecule has 0 saturated carbocycles. The van der Waals surface area contributed by atoms with E-state index in [0.717, 1.165) is 5.69 Å². The van der Waals surface area contributed by atoms with Crippen LogP contribution in [0.1, 0.15) is 13.8 Å². The van der Waals surface area contributed by atoms with Gasteiger partial charge in [-0.2, -0.15) is 0 Å². The van der Waals surface area contributed by atoms with E-state index in [0.29, 0.717) is 5.02 Å². The molecule has 0 unspecified atom stereocenters. The number of hydrogen-bond acceptors (Lipinski definition) is 1. The minimum Gasteiger partial charge on any atom is -0.336 e. The summed E-state index contributed by atoms with van der Waals surface area (Å²) in [6.45, 7) is 3.81. The zero-order chi connectivity index (χ0) is 10.6. The second-order valence-electron chi connectivity index (χ2n) is 3.26. The fourth-order valence-corrected chi connectivity index (χ4v) is 1.09. The molecule has 0 saturated heterocycles. The monoisotopic (exact) mass is 212 g/mol. The predicted octanol–water partition coefficient (Wildman–Crippen LogP) is 2.87. The summed E-state index contributed by atoms with van der Waals surface area (Å²) in [6.07, 6.45) is 0. The van der Waals surface area contributed by atoms with Crippen LogP contribution in [0, 0.1) is 0 Å². The average Bonchev–Trinajstić information content (AvgIpc) is 2.07. The van der Waals surface area contributed by atoms with Crippen LogP contribution in [0.25, 0.3) is 0 Å². The summed E-state index contributed by atoms with van der Waals surface area (Å²) in [5.41, 5.74) is 0.729. The topological polar surface area (TPSA) is 41.1 Å². The average molecular weight is 213 g/mol. The Labute approximate surface area is 88.5 Å². The molecule has 14 heavy (non-hydrogen) atoms. The van der Waals surface area contributed by atoms with Crippen LogP contribution in [0.15, 0.2) is 24.3 Å². The number of anilines is 1. The molecule has 0 aromatic heterocycles. The van der Waals surface area contributed by atoms with E-state index in [-0.39, 0.29) is 12.1 Å². The third-order valence-electron chi connectivity index (χ3n) is 1.52. The van der Waals surface area contributed by atoms with E-state index in [1.165, 1.54) is 0 Å². The summed E-state index contributed by atoms with van der Waals surface area (Å²) in [7, 11) is 0. The van der Waals surface area contributed by atoms with Crippen molar-refractivity contribution >= 4 is 23.3 Å². The van der Waals surface area contributed by atoms with E-state index in [1.807, 2.05) is 13.8 Å². The minimum atomic E-state index is -0.206. The van der Waals surface area contributed by atoms with Crippen LogP contribution in [0.2, 0.25) is 5.02 Å². The van der Waals surface area contributed by atoms with Gasteiger partial charge in [0.2, 0.25) is 0 Å². The Hall–Kier alpha value is -1.22. The van der Waals surface area contributed by atoms with E-state index in [4.69, 9.17) is 11.6 Å². The first-order valence-electron chi connectivity index (χ1n) is 4.41. The van der Waals surface area contributed by atoms with Gasteiger partial charge < -0.3 is 10.6 Å². The number of benzene rings is 1. The maximum absolute atomic E-state index is 11.3. The molecular weight excluding hydrogens is 200 g/mol. The van der Waals surface area contributed by atoms with Crippen LogP contribution in [0.3, 0.4) is 0 Å². The van der Waals surface area contributed by atoms with Gasteiger partial charge in [0.05, 0.1) is 0 Å². The Morgan fingerprint density at radius 1 is 1.29 bits per heavy atom. The Morgan fingerprint density at radius 3 is 2.36 bits per heavy atom. The highest BCUT2D eigenvalue weighted by atomic mass is 35.5. The van der Waals surface area contributed by atoms with Crippen molar-refractivity contribution in [2.24, 2.45) is 0 Å². The van der Waals surface area contributed by atoms with Crippen LogP contribution >= 0.6 is 11.6 Å². The van der Waals surface area contributed by atoms with Crippen molar-refractivity contribution in [1.29, 1.82) is 0 Å². The van der Waals surface area contributed by atoms with E-state index < -0.39 is 0 Å². The lowest BCUT2D eigenvalue weighted by molar-refractivity contribution is 0.250. The van der Waals surface area contributed by atoms with Gasteiger partial charge in [-0.1, -0.05) is 11.6 Å². The predicted molar refractivity (Wildman–Crippen MR) is 58.7 cm³/mol. The summed E-state index contributed by atoms with van der Waals surface area (Å²) in [5, 5.41) is 6.07. The highest BCUT2D eigenvalue weighted by Crippen LogP contribution is 2.12. The highest BCUT2D eigenvalue weighted by molar-refractivity contribution is 6.30. The molecule has 0 aliphatic heterocycles. The zero-order valence-corrected chi connectivity index (χ0v) is 8.93. The summed E-state index contributed by atoms with van der Waals surface area (Å²) < 4.78 is 0. The molecule has 0 aliphatic carbocycles. The van der Waals surface area contributed by atoms with Gasteiger partial charge in [-0.15, -0.1) is 0 Å². The Bertz CT molecular complexity index is 308. The van der Waals surface area contributed by atoms with Gasteiger partial charge in [0.25, 0.3) is 0 Å². The molecule has 0 heterocycles. The maximum atomic E-state index is 11.3. The second kappa shape index (κ2) is 4.86. The number of rotatable bonds is 2. The number of carbonyl (C=O) groups is 1. The molecule has 0 atom stereocenters. The summed E-state index contributed by atoms with van der Waals surface area (Å²) >= 11 is 5.70. The normalized spacial score (nSPS) is 10.0. The van der Waals surface area contributed by atoms with Gasteiger partial charge >= 0.3 is 6.03 Å². The van der Waals surface area contributed by atoms with E-state index >= 15 is 0 Å². The molecule has 76 valence electrons. The van der Waals surface area contributed by atoms with Gasteiger partial charge in [-0.05, 0) is 38.1 Å². The molecule has 0 fully saturated rings. The number of hydrogen-bond donors (Lipinski definition) is 2. The fraction of sp³-hybridized carbons (Fsp3) is 0.300. The summed E-state index contributed by atoms with van der Waals surface area (Å²) in [5.74, 6) is 0. The van der Waals surface area contributed by atoms with Crippen LogP contribution in [0.5, 0.6) is 0 Å². The lowest BCUT2D eigenvalue weighted by atomic mass is 10.3. The van der Waals surface area contributed by atoms with Gasteiger partial charge in [0.1, 0.15) is 0 Å². The number of carbonyl (C=O) groups excluding carboxylic acids is 1. The summed E-state index contributed by atoms with van der Waals surface area (Å²) in [4.78, 5) is 11.3. The minimum absolute atomic E-state index is 0.127. The molecule has 0 radical (unpaired) electrons. The first-order valence-corrected chi connectivity index (χ1v) is 4.79. The Kier molecular flexibility index (Phi) is 3.77. The van der Waals surface area contributed by atoms with Crippen LogP contribution in [-0.2, 0) is 0 Å². The molecule has 3 nitrogen and oxygen atoms in total. The van der Waals surface area contributed by atoms with Crippen LogP contribution < -0.4 is 10.6 Å². The van der Waals surface area contributed by atoms with Gasteiger partial charge in [-0.3, -0.25) is 0 Å². The molecule has 0 bridgehead atoms. The fourth-order valence-electron chi connectivity index (χ4n) is 0.963. The van der Waals surface area contributed by atoms with Crippen molar-refractivity contribution in [1.82, 2.24) is 5.32 Å². The molecule has 1 aromatic rings. The molecule has 2 N–H and O–H groups in total. The molecular formula is C10H13ClN2O. The van der Waals surface area contributed by atoms with Gasteiger partial charge in [0, 0.05) is 16.8 Å². The molecule has 1 aromatic carbocycles. The molecule has 1 rings (SSSR count). The lowest BCUT2D eigenvalue weighted by Crippen LogP contribution is -2.34. The summed E-state index contributed by atoms with van der Waals surface area (Å²) in [6, 6.07) is 6.88. The second-order valence-corrected chi connectivity index (χ2v) is 3.70. The van der Waals surface area contributed by atoms with Crippen molar-refractivity contribution < 1.29 is 4.79 Å². The zero-order valence-electron chi connectivity index (χ0n) is 8.17. The van der Waals surface area contributed by atoms with Gasteiger partial charge in [-0.25, -0.2) is 4.79 Å². The van der Waals surface area contributed by atoms with Crippen molar-refractivity contribution in [2.45, 2.75) is 19.9 Å². The number of urea groups is 1. The number of halogens is 1. The Balaban J connectivity index is 2.52. The van der Waals surface area contributed by atoms with Crippen LogP contribution in [0.4, 0.5) is 10.5 Å². The van der Waals surface area contributed by atoms with E-state index in [9.17, 15) is 4.79 Å². The van der Waals surface area contributed by atoms with Crippen molar-refractivity contribution in [3.8, 4) is 0 Å². The quantitative estimate of drug-likeness (QED) is 0.778. The smallest absolute Gasteiger partial charge is 0.319 e. The van der Waals surface area contributed by atoms with Crippen molar-refractivity contribution in [3.63, 3.8) is 0 Å². The molecule has 4 heteroatoms. The maximum Gasteiger partial charge on any atom is 0.319 e. The van der Waals surface area contributed by atoms with Crippen molar-refractivity contribution in [3.05, 3.63) is 29.3 Å². The third-order valence-corrected chi connectivity index (χ3v) is 1.77. The highest BCUT2D eigenvalue weighted by Gasteiger charge is 2.02. The first-order chi connectivity index (χ1) is 6.58. The SMILES string of the molecule is CC(C)NC(=O)Nc1ccc(Cl)cc1. The molecule has 0 aliphatic rings. The number of amides is 2. The number of nitrogens with one attached hydrogen (secondary N) is 2. The van der Waals surface area contributed by atoms with E-state index in [2.05, 4.69) is 10.6 Å². The van der Waals surface area contributed by atoms with Gasteiger partial charge in [0.15, 0.2) is 0 Å². The first kappa shape index (κ1) is 10.9. The van der Waals surface area contributed by atoms with Crippen molar-refractivity contribution in [2.75, 3.05) is 5.32 Å². The standard InChI is InChI=1S/C10H13ClN2O/c1-7(2)12-10(14)13-9-5-3-8(11)4-6-9/h3-7H,1-2H3,(H2,12,13,14). The molecule has 2 amide bonds. The molecule has 0 spiro atoms.